The Morgan fingerprint density at radius 2 is 1.33 bits per heavy atom. The first-order valence-corrected chi connectivity index (χ1v) is 4.24. The summed E-state index contributed by atoms with van der Waals surface area (Å²) in [4.78, 5) is 0. The van der Waals surface area contributed by atoms with E-state index in [1.165, 1.54) is 13.8 Å². The van der Waals surface area contributed by atoms with E-state index >= 15 is 0 Å². The Labute approximate surface area is 55.1 Å². The van der Waals surface area contributed by atoms with Crippen LogP contribution in [-0.4, -0.2) is 19.2 Å². The van der Waals surface area contributed by atoms with Crippen molar-refractivity contribution in [2.24, 2.45) is 11.5 Å². The Morgan fingerprint density at radius 3 is 1.33 bits per heavy atom. The number of hydrogen-bond acceptors (Lipinski definition) is 4. The van der Waals surface area contributed by atoms with Crippen LogP contribution in [0.4, 0.5) is 0 Å². The number of nitrogens with two attached hydrogens (primary N) is 2. The highest BCUT2D eigenvalue weighted by atomic mass is 32.2. The van der Waals surface area contributed by atoms with E-state index in [2.05, 4.69) is 0 Å². The first kappa shape index (κ1) is 8.87. The molecule has 0 bridgehead atoms. The summed E-state index contributed by atoms with van der Waals surface area (Å²) < 4.78 is 21.6. The van der Waals surface area contributed by atoms with Crippen LogP contribution in [0.15, 0.2) is 0 Å². The third kappa shape index (κ3) is 1.92. The van der Waals surface area contributed by atoms with E-state index in [1.807, 2.05) is 0 Å². The molecule has 0 radical (unpaired) electrons. The standard InChI is InChI=1S/C4H12N2O2S/c1-3(5)9(7,8)4(2)6/h3-4H,5-6H2,1-2H3/t3-,4-/m0/s1. The van der Waals surface area contributed by atoms with Gasteiger partial charge in [0.1, 0.15) is 10.7 Å². The van der Waals surface area contributed by atoms with Crippen molar-refractivity contribution < 1.29 is 8.42 Å². The van der Waals surface area contributed by atoms with Gasteiger partial charge in [0.25, 0.3) is 0 Å². The van der Waals surface area contributed by atoms with Gasteiger partial charge in [-0.05, 0) is 13.8 Å². The molecule has 0 saturated carbocycles. The van der Waals surface area contributed by atoms with Crippen LogP contribution < -0.4 is 11.5 Å². The molecule has 0 aromatic carbocycles. The lowest BCUT2D eigenvalue weighted by Gasteiger charge is -2.09. The summed E-state index contributed by atoms with van der Waals surface area (Å²) in [5.74, 6) is 0. The zero-order chi connectivity index (χ0) is 7.65. The van der Waals surface area contributed by atoms with Crippen LogP contribution in [0.5, 0.6) is 0 Å². The molecule has 0 heterocycles. The second-order valence-corrected chi connectivity index (χ2v) is 4.66. The van der Waals surface area contributed by atoms with Gasteiger partial charge in [0.15, 0.2) is 9.84 Å². The quantitative estimate of drug-likeness (QED) is 0.532. The van der Waals surface area contributed by atoms with Crippen molar-refractivity contribution in [3.63, 3.8) is 0 Å². The average Bonchev–Trinajstić information content (AvgIpc) is 1.65. The lowest BCUT2D eigenvalue weighted by molar-refractivity contribution is 0.574. The van der Waals surface area contributed by atoms with Gasteiger partial charge in [0.05, 0.1) is 0 Å². The Kier molecular flexibility index (Phi) is 2.60. The molecule has 0 rings (SSSR count). The molecule has 0 unspecified atom stereocenters. The zero-order valence-electron chi connectivity index (χ0n) is 5.53. The summed E-state index contributed by atoms with van der Waals surface area (Å²) in [5.41, 5.74) is 10.2. The fourth-order valence-electron chi connectivity index (χ4n) is 0.339. The monoisotopic (exact) mass is 152 g/mol. The highest BCUT2D eigenvalue weighted by molar-refractivity contribution is 7.92. The van der Waals surface area contributed by atoms with E-state index in [1.54, 1.807) is 0 Å². The fraction of sp³-hybridized carbons (Fsp3) is 1.00. The molecule has 0 aliphatic carbocycles. The summed E-state index contributed by atoms with van der Waals surface area (Å²) in [6.45, 7) is 2.80. The van der Waals surface area contributed by atoms with E-state index in [-0.39, 0.29) is 0 Å². The molecule has 0 aromatic rings. The van der Waals surface area contributed by atoms with Crippen molar-refractivity contribution in [2.75, 3.05) is 0 Å². The van der Waals surface area contributed by atoms with Gasteiger partial charge in [-0.15, -0.1) is 0 Å². The largest absolute Gasteiger partial charge is 0.315 e. The minimum absolute atomic E-state index is 0.863. The summed E-state index contributed by atoms with van der Waals surface area (Å²) >= 11 is 0. The first-order chi connectivity index (χ1) is 3.89. The summed E-state index contributed by atoms with van der Waals surface area (Å²) in [6, 6.07) is 0. The van der Waals surface area contributed by atoms with E-state index < -0.39 is 20.6 Å². The van der Waals surface area contributed by atoms with Gasteiger partial charge in [0, 0.05) is 0 Å². The highest BCUT2D eigenvalue weighted by Gasteiger charge is 2.20. The maximum Gasteiger partial charge on any atom is 0.180 e. The molecular weight excluding hydrogens is 140 g/mol. The molecule has 0 fully saturated rings. The van der Waals surface area contributed by atoms with Crippen LogP contribution >= 0.6 is 0 Å². The van der Waals surface area contributed by atoms with E-state index in [0.717, 1.165) is 0 Å². The zero-order valence-corrected chi connectivity index (χ0v) is 6.35. The number of sulfone groups is 1. The Bertz CT molecular complexity index is 157. The average molecular weight is 152 g/mol. The summed E-state index contributed by atoms with van der Waals surface area (Å²) in [7, 11) is -3.26. The molecule has 0 aromatic heterocycles. The van der Waals surface area contributed by atoms with Crippen LogP contribution in [0.2, 0.25) is 0 Å². The molecule has 0 aliphatic rings. The SMILES string of the molecule is C[C@@H](N)S(=O)(=O)[C@@H](C)N. The molecule has 56 valence electrons. The summed E-state index contributed by atoms with van der Waals surface area (Å²) in [6.07, 6.45) is 0. The van der Waals surface area contributed by atoms with Gasteiger partial charge in [0.2, 0.25) is 0 Å². The lowest BCUT2D eigenvalue weighted by Crippen LogP contribution is -2.39. The van der Waals surface area contributed by atoms with Gasteiger partial charge in [-0.3, -0.25) is 0 Å². The van der Waals surface area contributed by atoms with Gasteiger partial charge < -0.3 is 11.5 Å². The minimum atomic E-state index is -3.26. The second kappa shape index (κ2) is 2.64. The van der Waals surface area contributed by atoms with Crippen LogP contribution in [0.25, 0.3) is 0 Å². The van der Waals surface area contributed by atoms with Gasteiger partial charge >= 0.3 is 0 Å². The molecule has 0 aliphatic heterocycles. The van der Waals surface area contributed by atoms with Gasteiger partial charge in [-0.1, -0.05) is 0 Å². The van der Waals surface area contributed by atoms with E-state index in [4.69, 9.17) is 11.5 Å². The number of rotatable bonds is 2. The topological polar surface area (TPSA) is 86.2 Å². The lowest BCUT2D eigenvalue weighted by atomic mass is 10.8. The number of hydrogen-bond donors (Lipinski definition) is 2. The summed E-state index contributed by atoms with van der Waals surface area (Å²) in [5, 5.41) is -1.73. The van der Waals surface area contributed by atoms with Crippen molar-refractivity contribution in [1.29, 1.82) is 0 Å². The molecule has 0 saturated heterocycles. The Balaban J connectivity index is 4.42. The van der Waals surface area contributed by atoms with Crippen LogP contribution in [-0.2, 0) is 9.84 Å². The van der Waals surface area contributed by atoms with E-state index in [9.17, 15) is 8.42 Å². The normalized spacial score (nSPS) is 19.1. The van der Waals surface area contributed by atoms with Crippen molar-refractivity contribution in [2.45, 2.75) is 24.6 Å². The van der Waals surface area contributed by atoms with E-state index in [0.29, 0.717) is 0 Å². The maximum absolute atomic E-state index is 10.8. The molecule has 0 amide bonds. The molecule has 9 heavy (non-hydrogen) atoms. The highest BCUT2D eigenvalue weighted by Crippen LogP contribution is 1.98. The fourth-order valence-corrected chi connectivity index (χ4v) is 1.02. The molecule has 5 heteroatoms. The minimum Gasteiger partial charge on any atom is -0.315 e. The molecule has 4 nitrogen and oxygen atoms in total. The Morgan fingerprint density at radius 1 is 1.11 bits per heavy atom. The molecule has 4 N–H and O–H groups in total. The third-order valence-electron chi connectivity index (χ3n) is 1.04. The Hall–Kier alpha value is -0.130. The van der Waals surface area contributed by atoms with Crippen molar-refractivity contribution >= 4 is 9.84 Å². The predicted molar refractivity (Wildman–Crippen MR) is 36.2 cm³/mol. The predicted octanol–water partition coefficient (Wildman–Crippen LogP) is -0.989. The van der Waals surface area contributed by atoms with Crippen LogP contribution in [0.3, 0.4) is 0 Å². The van der Waals surface area contributed by atoms with Crippen molar-refractivity contribution in [1.82, 2.24) is 0 Å². The second-order valence-electron chi connectivity index (χ2n) is 2.00. The first-order valence-electron chi connectivity index (χ1n) is 2.63. The van der Waals surface area contributed by atoms with Gasteiger partial charge in [-0.2, -0.15) is 0 Å². The molecule has 2 atom stereocenters. The van der Waals surface area contributed by atoms with Crippen LogP contribution in [0, 0.1) is 0 Å². The molecule has 0 spiro atoms. The van der Waals surface area contributed by atoms with Crippen molar-refractivity contribution in [3.05, 3.63) is 0 Å². The van der Waals surface area contributed by atoms with Crippen LogP contribution in [0.1, 0.15) is 13.8 Å². The van der Waals surface area contributed by atoms with Gasteiger partial charge in [-0.25, -0.2) is 8.42 Å². The smallest absolute Gasteiger partial charge is 0.180 e. The molecular formula is C4H12N2O2S. The maximum atomic E-state index is 10.8. The third-order valence-corrected chi connectivity index (χ3v) is 3.11. The van der Waals surface area contributed by atoms with Crippen molar-refractivity contribution in [3.8, 4) is 0 Å².